The number of hydrogen-bond donors (Lipinski definition) is 3. The Kier molecular flexibility index (Phi) is 2.91. The van der Waals surface area contributed by atoms with Crippen LogP contribution >= 0.6 is 11.3 Å². The molecule has 2 rings (SSSR count). The summed E-state index contributed by atoms with van der Waals surface area (Å²) in [7, 11) is 0. The first-order valence-corrected chi connectivity index (χ1v) is 5.49. The Morgan fingerprint density at radius 3 is 2.94 bits per heavy atom. The van der Waals surface area contributed by atoms with Crippen molar-refractivity contribution in [3.05, 3.63) is 44.8 Å². The van der Waals surface area contributed by atoms with Crippen molar-refractivity contribution < 1.29 is 4.39 Å². The summed E-state index contributed by atoms with van der Waals surface area (Å²) < 4.78 is 12.8. The largest absolute Gasteiger partial charge is 0.397 e. The molecule has 84 valence electrons. The normalized spacial score (nSPS) is 10.3. The number of nitrogen functional groups attached to an aromatic ring is 1. The van der Waals surface area contributed by atoms with Gasteiger partial charge in [0.1, 0.15) is 5.82 Å². The van der Waals surface area contributed by atoms with Crippen LogP contribution in [-0.2, 0) is 6.54 Å². The van der Waals surface area contributed by atoms with E-state index in [-0.39, 0.29) is 10.7 Å². The van der Waals surface area contributed by atoms with Gasteiger partial charge in [0.25, 0.3) is 0 Å². The van der Waals surface area contributed by atoms with Crippen LogP contribution in [0.1, 0.15) is 5.69 Å². The molecule has 0 aliphatic carbocycles. The minimum Gasteiger partial charge on any atom is -0.397 e. The average Bonchev–Trinajstić information content (AvgIpc) is 2.63. The molecule has 0 unspecified atom stereocenters. The zero-order chi connectivity index (χ0) is 11.5. The molecule has 0 bridgehead atoms. The predicted octanol–water partition coefficient (Wildman–Crippen LogP) is 1.77. The summed E-state index contributed by atoms with van der Waals surface area (Å²) in [6, 6.07) is 4.14. The number of halogens is 1. The molecule has 4 N–H and O–H groups in total. The molecule has 1 heterocycles. The molecule has 4 nitrogen and oxygen atoms in total. The fraction of sp³-hybridized carbons (Fsp3) is 0.100. The molecule has 0 atom stereocenters. The quantitative estimate of drug-likeness (QED) is 0.715. The molecule has 0 spiro atoms. The van der Waals surface area contributed by atoms with Crippen LogP contribution in [0.2, 0.25) is 0 Å². The molecule has 0 fully saturated rings. The van der Waals surface area contributed by atoms with Gasteiger partial charge in [-0.25, -0.2) is 4.39 Å². The van der Waals surface area contributed by atoms with Gasteiger partial charge in [-0.05, 0) is 18.2 Å². The summed E-state index contributed by atoms with van der Waals surface area (Å²) in [5, 5.41) is 4.75. The lowest BCUT2D eigenvalue weighted by Gasteiger charge is -2.07. The highest BCUT2D eigenvalue weighted by atomic mass is 32.1. The van der Waals surface area contributed by atoms with Gasteiger partial charge in [0, 0.05) is 11.1 Å². The van der Waals surface area contributed by atoms with E-state index < -0.39 is 0 Å². The van der Waals surface area contributed by atoms with Gasteiger partial charge < -0.3 is 16.0 Å². The maximum absolute atomic E-state index is 12.8. The van der Waals surface area contributed by atoms with Gasteiger partial charge in [-0.3, -0.25) is 4.79 Å². The number of benzene rings is 1. The Balaban J connectivity index is 2.07. The molecule has 0 amide bonds. The van der Waals surface area contributed by atoms with Crippen LogP contribution in [0.25, 0.3) is 0 Å². The van der Waals surface area contributed by atoms with E-state index in [4.69, 9.17) is 5.73 Å². The van der Waals surface area contributed by atoms with Gasteiger partial charge in [-0.2, -0.15) is 0 Å². The lowest BCUT2D eigenvalue weighted by molar-refractivity contribution is 0.628. The van der Waals surface area contributed by atoms with Crippen molar-refractivity contribution in [3.63, 3.8) is 0 Å². The van der Waals surface area contributed by atoms with Crippen molar-refractivity contribution in [3.8, 4) is 0 Å². The van der Waals surface area contributed by atoms with Gasteiger partial charge in [-0.1, -0.05) is 11.3 Å². The third-order valence-corrected chi connectivity index (χ3v) is 2.77. The summed E-state index contributed by atoms with van der Waals surface area (Å²) in [6.45, 7) is 0.453. The molecule has 0 aliphatic heterocycles. The van der Waals surface area contributed by atoms with Gasteiger partial charge >= 0.3 is 4.87 Å². The highest BCUT2D eigenvalue weighted by molar-refractivity contribution is 7.07. The van der Waals surface area contributed by atoms with E-state index in [0.717, 1.165) is 17.0 Å². The third-order valence-electron chi connectivity index (χ3n) is 2.05. The molecule has 16 heavy (non-hydrogen) atoms. The van der Waals surface area contributed by atoms with Crippen LogP contribution in [0.4, 0.5) is 15.8 Å². The van der Waals surface area contributed by atoms with Crippen molar-refractivity contribution in [1.82, 2.24) is 4.98 Å². The molecule has 1 aromatic carbocycles. The number of thiazole rings is 1. The van der Waals surface area contributed by atoms with E-state index in [0.29, 0.717) is 17.9 Å². The molecule has 0 saturated heterocycles. The topological polar surface area (TPSA) is 70.9 Å². The van der Waals surface area contributed by atoms with Crippen molar-refractivity contribution in [1.29, 1.82) is 0 Å². The zero-order valence-electron chi connectivity index (χ0n) is 8.29. The zero-order valence-corrected chi connectivity index (χ0v) is 9.10. The van der Waals surface area contributed by atoms with Crippen molar-refractivity contribution in [2.75, 3.05) is 11.1 Å². The number of anilines is 2. The van der Waals surface area contributed by atoms with Crippen molar-refractivity contribution in [2.24, 2.45) is 0 Å². The molecular weight excluding hydrogens is 229 g/mol. The number of aromatic nitrogens is 1. The van der Waals surface area contributed by atoms with E-state index in [1.807, 2.05) is 0 Å². The van der Waals surface area contributed by atoms with Crippen LogP contribution in [0.3, 0.4) is 0 Å². The van der Waals surface area contributed by atoms with Crippen LogP contribution in [0.5, 0.6) is 0 Å². The second kappa shape index (κ2) is 4.36. The predicted molar refractivity (Wildman–Crippen MR) is 63.1 cm³/mol. The van der Waals surface area contributed by atoms with Gasteiger partial charge in [-0.15, -0.1) is 0 Å². The van der Waals surface area contributed by atoms with Crippen LogP contribution in [0.15, 0.2) is 28.4 Å². The number of H-pyrrole nitrogens is 1. The number of aromatic amines is 1. The summed E-state index contributed by atoms with van der Waals surface area (Å²) in [5.41, 5.74) is 7.39. The molecule has 1 aromatic heterocycles. The Hall–Kier alpha value is -1.82. The molecule has 6 heteroatoms. The summed E-state index contributed by atoms with van der Waals surface area (Å²) in [4.78, 5) is 13.4. The Labute approximate surface area is 94.9 Å². The minimum absolute atomic E-state index is 0.0936. The SMILES string of the molecule is Nc1cc(F)ccc1NCc1csc(=O)[nH]1. The smallest absolute Gasteiger partial charge is 0.304 e. The van der Waals surface area contributed by atoms with Gasteiger partial charge in [0.15, 0.2) is 0 Å². The van der Waals surface area contributed by atoms with E-state index >= 15 is 0 Å². The number of nitrogens with two attached hydrogens (primary N) is 1. The molecule has 0 aliphatic rings. The fourth-order valence-corrected chi connectivity index (χ4v) is 1.87. The summed E-state index contributed by atoms with van der Waals surface area (Å²) in [6.07, 6.45) is 0. The van der Waals surface area contributed by atoms with Crippen LogP contribution in [0, 0.1) is 5.82 Å². The molecule has 0 saturated carbocycles. The highest BCUT2D eigenvalue weighted by Gasteiger charge is 2.01. The molecule has 0 radical (unpaired) electrons. The first-order valence-electron chi connectivity index (χ1n) is 4.61. The average molecular weight is 239 g/mol. The highest BCUT2D eigenvalue weighted by Crippen LogP contribution is 2.19. The maximum atomic E-state index is 12.8. The lowest BCUT2D eigenvalue weighted by Crippen LogP contribution is -2.04. The number of hydrogen-bond acceptors (Lipinski definition) is 4. The van der Waals surface area contributed by atoms with E-state index in [9.17, 15) is 9.18 Å². The Morgan fingerprint density at radius 2 is 2.31 bits per heavy atom. The van der Waals surface area contributed by atoms with E-state index in [2.05, 4.69) is 10.3 Å². The lowest BCUT2D eigenvalue weighted by atomic mass is 10.2. The van der Waals surface area contributed by atoms with Crippen LogP contribution < -0.4 is 15.9 Å². The number of rotatable bonds is 3. The standard InChI is InChI=1S/C10H10FN3OS/c11-6-1-2-9(8(12)3-6)13-4-7-5-16-10(15)14-7/h1-3,5,13H,4,12H2,(H,14,15). The van der Waals surface area contributed by atoms with E-state index in [1.54, 1.807) is 11.4 Å². The van der Waals surface area contributed by atoms with Crippen molar-refractivity contribution in [2.45, 2.75) is 6.54 Å². The van der Waals surface area contributed by atoms with Gasteiger partial charge in [0.2, 0.25) is 0 Å². The second-order valence-corrected chi connectivity index (χ2v) is 4.10. The molecular formula is C10H10FN3OS. The number of nitrogens with one attached hydrogen (secondary N) is 2. The Bertz CT molecular complexity index is 549. The summed E-state index contributed by atoms with van der Waals surface area (Å²) >= 11 is 1.10. The van der Waals surface area contributed by atoms with Gasteiger partial charge in [0.05, 0.1) is 17.9 Å². The second-order valence-electron chi connectivity index (χ2n) is 3.26. The first-order chi connectivity index (χ1) is 7.65. The third kappa shape index (κ3) is 2.40. The fourth-order valence-electron chi connectivity index (χ4n) is 1.29. The van der Waals surface area contributed by atoms with E-state index in [1.165, 1.54) is 12.1 Å². The Morgan fingerprint density at radius 1 is 1.50 bits per heavy atom. The molecule has 2 aromatic rings. The monoisotopic (exact) mass is 239 g/mol. The van der Waals surface area contributed by atoms with Crippen LogP contribution in [-0.4, -0.2) is 4.98 Å². The summed E-state index contributed by atoms with van der Waals surface area (Å²) in [5.74, 6) is -0.369. The first kappa shape index (κ1) is 10.7. The minimum atomic E-state index is -0.369. The van der Waals surface area contributed by atoms with Crippen molar-refractivity contribution >= 4 is 22.7 Å². The maximum Gasteiger partial charge on any atom is 0.304 e.